The molecule has 2 rings (SSSR count). The number of alkyl halides is 2. The largest absolute Gasteiger partial charge is 0.317 e. The SMILES string of the molecule is FC1(F)CCNC12CCNCC2. The monoisotopic (exact) mass is 176 g/mol. The molecule has 12 heavy (non-hydrogen) atoms. The molecule has 0 aromatic rings. The first-order valence-corrected chi connectivity index (χ1v) is 4.50. The summed E-state index contributed by atoms with van der Waals surface area (Å²) in [5.41, 5.74) is -0.877. The topological polar surface area (TPSA) is 24.1 Å². The third-order valence-corrected chi connectivity index (χ3v) is 3.06. The molecule has 2 heterocycles. The van der Waals surface area contributed by atoms with Crippen LogP contribution in [0.4, 0.5) is 8.78 Å². The van der Waals surface area contributed by atoms with Crippen molar-refractivity contribution < 1.29 is 8.78 Å². The highest BCUT2D eigenvalue weighted by atomic mass is 19.3. The molecule has 0 aromatic carbocycles. The van der Waals surface area contributed by atoms with Crippen molar-refractivity contribution in [3.05, 3.63) is 0 Å². The van der Waals surface area contributed by atoms with Crippen molar-refractivity contribution in [2.24, 2.45) is 0 Å². The van der Waals surface area contributed by atoms with E-state index in [2.05, 4.69) is 10.6 Å². The lowest BCUT2D eigenvalue weighted by Gasteiger charge is -2.38. The quantitative estimate of drug-likeness (QED) is 0.568. The summed E-state index contributed by atoms with van der Waals surface area (Å²) in [4.78, 5) is 0. The smallest absolute Gasteiger partial charge is 0.267 e. The van der Waals surface area contributed by atoms with Crippen LogP contribution in [0.25, 0.3) is 0 Å². The number of hydrogen-bond acceptors (Lipinski definition) is 2. The van der Waals surface area contributed by atoms with E-state index in [-0.39, 0.29) is 6.42 Å². The normalized spacial score (nSPS) is 32.5. The molecule has 0 amide bonds. The van der Waals surface area contributed by atoms with Gasteiger partial charge in [0.25, 0.3) is 5.92 Å². The maximum Gasteiger partial charge on any atom is 0.267 e. The summed E-state index contributed by atoms with van der Waals surface area (Å²) >= 11 is 0. The summed E-state index contributed by atoms with van der Waals surface area (Å²) in [5, 5.41) is 6.07. The van der Waals surface area contributed by atoms with Crippen molar-refractivity contribution in [3.63, 3.8) is 0 Å². The fourth-order valence-corrected chi connectivity index (χ4v) is 2.22. The average molecular weight is 176 g/mol. The van der Waals surface area contributed by atoms with Crippen LogP contribution in [0.15, 0.2) is 0 Å². The standard InChI is InChI=1S/C8H14F2N2/c9-8(10)3-6-12-7(8)1-4-11-5-2-7/h11-12H,1-6H2. The lowest BCUT2D eigenvalue weighted by atomic mass is 9.84. The molecule has 0 bridgehead atoms. The molecular weight excluding hydrogens is 162 g/mol. The van der Waals surface area contributed by atoms with Crippen molar-refractivity contribution in [2.75, 3.05) is 19.6 Å². The van der Waals surface area contributed by atoms with E-state index in [4.69, 9.17) is 0 Å². The first kappa shape index (κ1) is 8.38. The van der Waals surface area contributed by atoms with Crippen LogP contribution in [0, 0.1) is 0 Å². The summed E-state index contributed by atoms with van der Waals surface area (Å²) in [5.74, 6) is -2.49. The van der Waals surface area contributed by atoms with Gasteiger partial charge in [-0.25, -0.2) is 8.78 Å². The van der Waals surface area contributed by atoms with E-state index in [1.807, 2.05) is 0 Å². The van der Waals surface area contributed by atoms with Gasteiger partial charge in [-0.05, 0) is 25.9 Å². The van der Waals surface area contributed by atoms with Crippen LogP contribution in [-0.4, -0.2) is 31.1 Å². The molecule has 0 saturated carbocycles. The Labute approximate surface area is 70.7 Å². The molecule has 1 spiro atoms. The highest BCUT2D eigenvalue weighted by Crippen LogP contribution is 2.41. The zero-order valence-electron chi connectivity index (χ0n) is 7.00. The van der Waals surface area contributed by atoms with Crippen LogP contribution >= 0.6 is 0 Å². The van der Waals surface area contributed by atoms with Gasteiger partial charge in [0.2, 0.25) is 0 Å². The van der Waals surface area contributed by atoms with Gasteiger partial charge in [-0.2, -0.15) is 0 Å². The Morgan fingerprint density at radius 2 is 1.58 bits per heavy atom. The fraction of sp³-hybridized carbons (Fsp3) is 1.00. The molecule has 4 heteroatoms. The van der Waals surface area contributed by atoms with E-state index in [9.17, 15) is 8.78 Å². The van der Waals surface area contributed by atoms with Crippen molar-refractivity contribution in [1.29, 1.82) is 0 Å². The number of piperidine rings is 1. The van der Waals surface area contributed by atoms with Crippen molar-refractivity contribution >= 4 is 0 Å². The molecular formula is C8H14F2N2. The van der Waals surface area contributed by atoms with E-state index in [0.29, 0.717) is 32.5 Å². The minimum Gasteiger partial charge on any atom is -0.317 e. The molecule has 2 nitrogen and oxygen atoms in total. The fourth-order valence-electron chi connectivity index (χ4n) is 2.22. The Balaban J connectivity index is 2.17. The Morgan fingerprint density at radius 1 is 0.917 bits per heavy atom. The van der Waals surface area contributed by atoms with Gasteiger partial charge in [0.05, 0.1) is 5.54 Å². The van der Waals surface area contributed by atoms with Crippen molar-refractivity contribution in [1.82, 2.24) is 10.6 Å². The van der Waals surface area contributed by atoms with Crippen molar-refractivity contribution in [3.8, 4) is 0 Å². The molecule has 2 aliphatic heterocycles. The second kappa shape index (κ2) is 2.64. The lowest BCUT2D eigenvalue weighted by molar-refractivity contribution is -0.0719. The molecule has 0 aliphatic carbocycles. The first-order chi connectivity index (χ1) is 5.66. The number of halogens is 2. The van der Waals surface area contributed by atoms with Crippen LogP contribution in [0.1, 0.15) is 19.3 Å². The molecule has 2 fully saturated rings. The van der Waals surface area contributed by atoms with Crippen LogP contribution in [0.3, 0.4) is 0 Å². The Kier molecular flexibility index (Phi) is 1.84. The zero-order chi connectivity index (χ0) is 8.66. The molecule has 0 atom stereocenters. The third-order valence-electron chi connectivity index (χ3n) is 3.06. The summed E-state index contributed by atoms with van der Waals surface area (Å²) in [6.07, 6.45) is 1.12. The highest BCUT2D eigenvalue weighted by Gasteiger charge is 2.56. The Morgan fingerprint density at radius 3 is 2.08 bits per heavy atom. The van der Waals surface area contributed by atoms with Gasteiger partial charge in [-0.15, -0.1) is 0 Å². The van der Waals surface area contributed by atoms with E-state index in [1.54, 1.807) is 0 Å². The Bertz CT molecular complexity index is 176. The molecule has 0 radical (unpaired) electrons. The second-order valence-electron chi connectivity index (χ2n) is 3.71. The molecule has 2 N–H and O–H groups in total. The predicted octanol–water partition coefficient (Wildman–Crippen LogP) is 0.737. The van der Waals surface area contributed by atoms with Gasteiger partial charge in [-0.1, -0.05) is 0 Å². The zero-order valence-corrected chi connectivity index (χ0v) is 7.00. The average Bonchev–Trinajstić information content (AvgIpc) is 2.30. The van der Waals surface area contributed by atoms with Gasteiger partial charge in [-0.3, -0.25) is 0 Å². The number of hydrogen-bond donors (Lipinski definition) is 2. The lowest BCUT2D eigenvalue weighted by Crippen LogP contribution is -2.57. The van der Waals surface area contributed by atoms with Crippen LogP contribution in [0.5, 0.6) is 0 Å². The van der Waals surface area contributed by atoms with Crippen LogP contribution in [0.2, 0.25) is 0 Å². The molecule has 0 aromatic heterocycles. The minimum atomic E-state index is -2.49. The summed E-state index contributed by atoms with van der Waals surface area (Å²) < 4.78 is 26.8. The van der Waals surface area contributed by atoms with E-state index >= 15 is 0 Å². The van der Waals surface area contributed by atoms with E-state index in [0.717, 1.165) is 0 Å². The van der Waals surface area contributed by atoms with E-state index in [1.165, 1.54) is 0 Å². The number of nitrogens with one attached hydrogen (secondary N) is 2. The van der Waals surface area contributed by atoms with E-state index < -0.39 is 11.5 Å². The highest BCUT2D eigenvalue weighted by molar-refractivity contribution is 5.07. The van der Waals surface area contributed by atoms with Gasteiger partial charge in [0.1, 0.15) is 0 Å². The summed E-state index contributed by atoms with van der Waals surface area (Å²) in [6.45, 7) is 1.89. The first-order valence-electron chi connectivity index (χ1n) is 4.50. The summed E-state index contributed by atoms with van der Waals surface area (Å²) in [7, 11) is 0. The van der Waals surface area contributed by atoms with Gasteiger partial charge in [0, 0.05) is 13.0 Å². The van der Waals surface area contributed by atoms with Gasteiger partial charge in [0.15, 0.2) is 0 Å². The van der Waals surface area contributed by atoms with Crippen LogP contribution < -0.4 is 10.6 Å². The van der Waals surface area contributed by atoms with Gasteiger partial charge < -0.3 is 10.6 Å². The Hall–Kier alpha value is -0.220. The number of rotatable bonds is 0. The molecule has 0 unspecified atom stereocenters. The van der Waals surface area contributed by atoms with Gasteiger partial charge >= 0.3 is 0 Å². The second-order valence-corrected chi connectivity index (χ2v) is 3.71. The van der Waals surface area contributed by atoms with Crippen molar-refractivity contribution in [2.45, 2.75) is 30.7 Å². The maximum absolute atomic E-state index is 13.4. The minimum absolute atomic E-state index is 0.00694. The molecule has 2 saturated heterocycles. The predicted molar refractivity (Wildman–Crippen MR) is 42.4 cm³/mol. The molecule has 2 aliphatic rings. The maximum atomic E-state index is 13.4. The van der Waals surface area contributed by atoms with Crippen LogP contribution in [-0.2, 0) is 0 Å². The summed E-state index contributed by atoms with van der Waals surface area (Å²) in [6, 6.07) is 0. The molecule has 70 valence electrons. The third kappa shape index (κ3) is 1.05.